The third-order valence-corrected chi connectivity index (χ3v) is 11.2. The number of nitriles is 1. The van der Waals surface area contributed by atoms with Gasteiger partial charge in [-0.1, -0.05) is 75.4 Å². The number of hydrogen-bond donors (Lipinski definition) is 0. The highest BCUT2D eigenvalue weighted by Crippen LogP contribution is 2.39. The van der Waals surface area contributed by atoms with Crippen molar-refractivity contribution in [1.29, 1.82) is 5.26 Å². The predicted molar refractivity (Wildman–Crippen MR) is 235 cm³/mol. The van der Waals surface area contributed by atoms with E-state index in [1.807, 2.05) is 36.8 Å². The van der Waals surface area contributed by atoms with Crippen molar-refractivity contribution >= 4 is 43.6 Å². The lowest BCUT2D eigenvalue weighted by molar-refractivity contribution is 0.483. The summed E-state index contributed by atoms with van der Waals surface area (Å²) in [6.45, 7) is 10.9. The summed E-state index contributed by atoms with van der Waals surface area (Å²) < 4.78 is 13.5. The van der Waals surface area contributed by atoms with Crippen molar-refractivity contribution in [2.45, 2.75) is 40.0 Å². The third kappa shape index (κ3) is 5.81. The number of para-hydroxylation sites is 3. The second-order valence-electron chi connectivity index (χ2n) is 16.1. The highest BCUT2D eigenvalue weighted by molar-refractivity contribution is 6.10. The van der Waals surface area contributed by atoms with Gasteiger partial charge >= 0.3 is 0 Å². The first-order valence-electron chi connectivity index (χ1n) is 19.5. The number of rotatable bonds is 6. The Morgan fingerprint density at radius 3 is 2.03 bits per heavy atom. The maximum atomic E-state index is 9.83. The zero-order chi connectivity index (χ0) is 39.7. The van der Waals surface area contributed by atoms with Crippen LogP contribution in [0, 0.1) is 25.2 Å². The van der Waals surface area contributed by atoms with E-state index in [-0.39, 0.29) is 5.41 Å². The fourth-order valence-corrected chi connectivity index (χ4v) is 8.45. The van der Waals surface area contributed by atoms with Crippen LogP contribution in [0.1, 0.15) is 43.0 Å². The highest BCUT2D eigenvalue weighted by atomic mass is 16.5. The van der Waals surface area contributed by atoms with E-state index in [4.69, 9.17) is 14.7 Å². The SMILES string of the molecule is Cc1cccc(C)c1-n1cnc(-c2cc(Oc3ccc4c5cc(C#N)ccc5n(-c5cc(C(C)(C)C)ccn5)c4c3)cc(-n3c4ccccc4c4ccccc43)c2)c1. The maximum Gasteiger partial charge on any atom is 0.137 e. The standard InChI is InChI=1S/C51H40N6O/c1-32-11-10-12-33(2)50(32)55-30-44(54-31-55)35-24-37(56-45-15-8-6-13-40(45)41-14-7-9-16-46(41)56)27-39(25-35)58-38-18-19-42-43-23-34(29-52)17-20-47(43)57(48(42)28-38)49-26-36(21-22-53-49)51(3,4)5/h6-28,30-31H,1-5H3. The first kappa shape index (κ1) is 35.0. The summed E-state index contributed by atoms with van der Waals surface area (Å²) >= 11 is 0. The number of aromatic nitrogens is 5. The molecule has 6 aromatic carbocycles. The van der Waals surface area contributed by atoms with Gasteiger partial charge < -0.3 is 13.9 Å². The summed E-state index contributed by atoms with van der Waals surface area (Å²) in [5.74, 6) is 2.16. The van der Waals surface area contributed by atoms with Gasteiger partial charge in [0, 0.05) is 51.6 Å². The Morgan fingerprint density at radius 2 is 1.31 bits per heavy atom. The van der Waals surface area contributed by atoms with Crippen LogP contribution in [0.5, 0.6) is 11.5 Å². The summed E-state index contributed by atoms with van der Waals surface area (Å²) in [6, 6.07) is 48.4. The molecule has 0 saturated heterocycles. The van der Waals surface area contributed by atoms with Crippen LogP contribution in [-0.4, -0.2) is 23.7 Å². The van der Waals surface area contributed by atoms with E-state index in [1.165, 1.54) is 27.5 Å². The molecular formula is C51H40N6O. The van der Waals surface area contributed by atoms with Gasteiger partial charge in [0.1, 0.15) is 17.3 Å². The van der Waals surface area contributed by atoms with E-state index in [9.17, 15) is 5.26 Å². The van der Waals surface area contributed by atoms with Gasteiger partial charge in [-0.2, -0.15) is 5.26 Å². The van der Waals surface area contributed by atoms with Crippen LogP contribution in [0.3, 0.4) is 0 Å². The van der Waals surface area contributed by atoms with E-state index in [0.29, 0.717) is 17.1 Å². The number of fused-ring (bicyclic) bond motifs is 6. The number of imidazole rings is 1. The minimum Gasteiger partial charge on any atom is -0.457 e. The molecule has 0 unspecified atom stereocenters. The zero-order valence-electron chi connectivity index (χ0n) is 33.0. The minimum atomic E-state index is -0.0631. The normalized spacial score (nSPS) is 11.9. The second-order valence-corrected chi connectivity index (χ2v) is 16.1. The van der Waals surface area contributed by atoms with Crippen molar-refractivity contribution in [2.24, 2.45) is 0 Å². The summed E-state index contributed by atoms with van der Waals surface area (Å²) in [5, 5.41) is 14.2. The first-order valence-corrected chi connectivity index (χ1v) is 19.5. The molecule has 0 radical (unpaired) electrons. The quantitative estimate of drug-likeness (QED) is 0.169. The van der Waals surface area contributed by atoms with Gasteiger partial charge in [0.25, 0.3) is 0 Å². The summed E-state index contributed by atoms with van der Waals surface area (Å²) in [4.78, 5) is 9.82. The van der Waals surface area contributed by atoms with Gasteiger partial charge in [0.05, 0.1) is 57.1 Å². The third-order valence-electron chi connectivity index (χ3n) is 11.2. The lowest BCUT2D eigenvalue weighted by Crippen LogP contribution is -2.12. The number of benzene rings is 6. The molecule has 0 amide bonds. The van der Waals surface area contributed by atoms with Crippen molar-refractivity contribution in [1.82, 2.24) is 23.7 Å². The van der Waals surface area contributed by atoms with Crippen LogP contribution in [0.2, 0.25) is 0 Å². The molecule has 0 aliphatic heterocycles. The van der Waals surface area contributed by atoms with Crippen molar-refractivity contribution in [2.75, 3.05) is 0 Å². The summed E-state index contributed by atoms with van der Waals surface area (Å²) in [7, 11) is 0. The predicted octanol–water partition coefficient (Wildman–Crippen LogP) is 12.7. The molecule has 7 heteroatoms. The lowest BCUT2D eigenvalue weighted by Gasteiger charge is -2.20. The van der Waals surface area contributed by atoms with E-state index in [1.54, 1.807) is 0 Å². The molecule has 280 valence electrons. The van der Waals surface area contributed by atoms with Crippen molar-refractivity contribution in [3.63, 3.8) is 0 Å². The topological polar surface area (TPSA) is 73.6 Å². The second kappa shape index (κ2) is 13.4. The Morgan fingerprint density at radius 1 is 0.603 bits per heavy atom. The van der Waals surface area contributed by atoms with Crippen molar-refractivity contribution in [3.8, 4) is 46.0 Å². The largest absolute Gasteiger partial charge is 0.457 e. The molecule has 10 aromatic rings. The van der Waals surface area contributed by atoms with E-state index >= 15 is 0 Å². The molecule has 0 atom stereocenters. The lowest BCUT2D eigenvalue weighted by atomic mass is 9.88. The minimum absolute atomic E-state index is 0.0631. The molecule has 0 fully saturated rings. The number of pyridine rings is 1. The smallest absolute Gasteiger partial charge is 0.137 e. The summed E-state index contributed by atoms with van der Waals surface area (Å²) in [6.07, 6.45) is 5.87. The molecule has 58 heavy (non-hydrogen) atoms. The molecule has 7 nitrogen and oxygen atoms in total. The van der Waals surface area contributed by atoms with Gasteiger partial charge in [0.15, 0.2) is 0 Å². The highest BCUT2D eigenvalue weighted by Gasteiger charge is 2.20. The Hall–Kier alpha value is -7.43. The molecule has 0 spiro atoms. The van der Waals surface area contributed by atoms with Crippen LogP contribution >= 0.6 is 0 Å². The summed E-state index contributed by atoms with van der Waals surface area (Å²) in [5.41, 5.74) is 12.1. The number of hydrogen-bond acceptors (Lipinski definition) is 4. The Labute approximate surface area is 336 Å². The Kier molecular flexibility index (Phi) is 8.06. The van der Waals surface area contributed by atoms with Gasteiger partial charge in [0.2, 0.25) is 0 Å². The molecule has 0 saturated carbocycles. The molecule has 10 rings (SSSR count). The molecule has 0 aliphatic rings. The van der Waals surface area contributed by atoms with Crippen LogP contribution in [-0.2, 0) is 5.41 Å². The van der Waals surface area contributed by atoms with E-state index in [2.05, 4.69) is 170 Å². The molecular weight excluding hydrogens is 713 g/mol. The zero-order valence-corrected chi connectivity index (χ0v) is 33.0. The number of nitrogens with zero attached hydrogens (tertiary/aromatic N) is 6. The molecule has 0 bridgehead atoms. The number of aryl methyl sites for hydroxylation is 2. The van der Waals surface area contributed by atoms with Gasteiger partial charge in [-0.25, -0.2) is 9.97 Å². The van der Waals surface area contributed by atoms with Crippen LogP contribution in [0.15, 0.2) is 152 Å². The number of ether oxygens (including phenoxy) is 1. The maximum absolute atomic E-state index is 9.83. The Balaban J connectivity index is 1.16. The fraction of sp³-hybridized carbons (Fsp3) is 0.118. The van der Waals surface area contributed by atoms with Gasteiger partial charge in [-0.15, -0.1) is 0 Å². The van der Waals surface area contributed by atoms with Crippen molar-refractivity contribution < 1.29 is 4.74 Å². The van der Waals surface area contributed by atoms with E-state index < -0.39 is 0 Å². The fourth-order valence-electron chi connectivity index (χ4n) is 8.45. The van der Waals surface area contributed by atoms with Crippen LogP contribution < -0.4 is 4.74 Å². The van der Waals surface area contributed by atoms with Gasteiger partial charge in [-0.3, -0.25) is 4.57 Å². The van der Waals surface area contributed by atoms with Crippen molar-refractivity contribution in [3.05, 3.63) is 174 Å². The molecule has 0 N–H and O–H groups in total. The average Bonchev–Trinajstić information content (AvgIpc) is 3.93. The molecule has 0 aliphatic carbocycles. The molecule has 4 heterocycles. The van der Waals surface area contributed by atoms with E-state index in [0.717, 1.165) is 61.3 Å². The monoisotopic (exact) mass is 752 g/mol. The van der Waals surface area contributed by atoms with Crippen LogP contribution in [0.25, 0.3) is 72.1 Å². The first-order chi connectivity index (χ1) is 28.1. The van der Waals surface area contributed by atoms with Crippen LogP contribution in [0.4, 0.5) is 0 Å². The van der Waals surface area contributed by atoms with Gasteiger partial charge in [-0.05, 0) is 103 Å². The Bertz CT molecular complexity index is 3220. The molecule has 4 aromatic heterocycles. The average molecular weight is 753 g/mol.